The lowest BCUT2D eigenvalue weighted by Crippen LogP contribution is -2.66. The Balaban J connectivity index is 1.23. The number of carbonyl (C=O) groups excluding carboxylic acids is 1. The minimum absolute atomic E-state index is 0.233. The third-order valence-corrected chi connectivity index (χ3v) is 17.3. The predicted molar refractivity (Wildman–Crippen MR) is 364 cm³/mol. The smallest absolute Gasteiger partial charge is 0.220 e. The minimum atomic E-state index is -1.98. The summed E-state index contributed by atoms with van der Waals surface area (Å²) in [6, 6.07) is -0.989. The molecule has 3 fully saturated rings. The first-order chi connectivity index (χ1) is 45.3. The Morgan fingerprint density at radius 2 is 0.753 bits per heavy atom. The fourth-order valence-electron chi connectivity index (χ4n) is 11.6. The number of unbranched alkanes of at least 4 members (excludes halogenated alkanes) is 24. The molecule has 3 aliphatic rings. The topological polar surface area (TPSA) is 307 Å². The number of amides is 1. The molecule has 0 spiro atoms. The Labute approximate surface area is 558 Å². The maximum absolute atomic E-state index is 13.3. The van der Waals surface area contributed by atoms with Gasteiger partial charge in [-0.3, -0.25) is 4.79 Å². The maximum Gasteiger partial charge on any atom is 0.220 e. The SMILES string of the molecule is CC/C=C\C/C=C\C/C=C\C/C=C\C/C=C\C/C=C\CCCCCCCCCCCCCCCCCCCCCCCCC(=O)NC(COC1OC(CO)C(OC2OC(CO)C(OC3OC(CO)C(O)C(O)C3O)C(O)C2O)C(O)C1O)C(O)/C=C/CC/C=C/CCC. The summed E-state index contributed by atoms with van der Waals surface area (Å²) in [5.74, 6) is -0.290. The van der Waals surface area contributed by atoms with Crippen LogP contribution in [0.5, 0.6) is 0 Å². The molecule has 19 heteroatoms. The van der Waals surface area contributed by atoms with Crippen LogP contribution >= 0.6 is 0 Å². The maximum atomic E-state index is 13.3. The van der Waals surface area contributed by atoms with Crippen LogP contribution in [-0.4, -0.2) is 193 Å². The second-order valence-electron chi connectivity index (χ2n) is 25.3. The van der Waals surface area contributed by atoms with Crippen molar-refractivity contribution >= 4 is 5.91 Å². The molecule has 0 aromatic heterocycles. The van der Waals surface area contributed by atoms with Gasteiger partial charge in [-0.15, -0.1) is 0 Å². The molecule has 17 atom stereocenters. The Morgan fingerprint density at radius 1 is 0.398 bits per heavy atom. The third-order valence-electron chi connectivity index (χ3n) is 17.3. The molecular formula is C74H127NO18. The molecule has 17 unspecified atom stereocenters. The number of hydrogen-bond acceptors (Lipinski definition) is 18. The Hall–Kier alpha value is -3.29. The largest absolute Gasteiger partial charge is 0.394 e. The van der Waals surface area contributed by atoms with Crippen LogP contribution in [0.4, 0.5) is 0 Å². The van der Waals surface area contributed by atoms with Gasteiger partial charge in [0.15, 0.2) is 18.9 Å². The molecular weight excluding hydrogens is 1190 g/mol. The molecule has 12 N–H and O–H groups in total. The van der Waals surface area contributed by atoms with Crippen LogP contribution in [0.1, 0.15) is 232 Å². The number of nitrogens with one attached hydrogen (secondary N) is 1. The second kappa shape index (κ2) is 54.7. The van der Waals surface area contributed by atoms with Gasteiger partial charge in [-0.1, -0.05) is 246 Å². The van der Waals surface area contributed by atoms with Crippen molar-refractivity contribution in [3.8, 4) is 0 Å². The number of aliphatic hydroxyl groups excluding tert-OH is 11. The lowest BCUT2D eigenvalue weighted by atomic mass is 9.96. The first-order valence-corrected chi connectivity index (χ1v) is 36.0. The summed E-state index contributed by atoms with van der Waals surface area (Å²) in [6.07, 6.45) is 46.3. The van der Waals surface area contributed by atoms with Gasteiger partial charge in [0.2, 0.25) is 5.91 Å². The molecule has 0 saturated carbocycles. The van der Waals surface area contributed by atoms with E-state index < -0.39 is 124 Å². The Kier molecular flexibility index (Phi) is 49.4. The van der Waals surface area contributed by atoms with Crippen LogP contribution in [0.25, 0.3) is 0 Å². The van der Waals surface area contributed by atoms with E-state index in [-0.39, 0.29) is 18.9 Å². The standard InChI is InChI=1S/C74H127NO18/c1-3-5-7-9-11-12-13-14-15-16-17-18-19-20-21-22-23-24-25-26-27-28-29-30-31-32-33-34-35-36-37-38-39-40-41-42-43-44-46-48-50-52-62(80)75-57(58(79)51-49-47-45-10-8-6-4-2)56-88-72-68(86)65(83)70(60(54-77)90-72)93-74-69(87)66(84)71(61(55-78)91-74)92-73-67(85)64(82)63(81)59(53-76)89-73/h5,7-8,10-12,14-15,17-18,20-21,23-24,49,51,57-61,63-74,76-79,81-87H,3-4,6,9,13,16,19,22,25-48,50,52-56H2,1-2H3,(H,75,80)/b7-5-,10-8+,12-11-,15-14-,18-17-,21-20-,24-23-,51-49+. The molecule has 0 aliphatic carbocycles. The van der Waals surface area contributed by atoms with Crippen molar-refractivity contribution in [3.63, 3.8) is 0 Å². The minimum Gasteiger partial charge on any atom is -0.394 e. The Morgan fingerprint density at radius 3 is 1.19 bits per heavy atom. The Bertz CT molecular complexity index is 2060. The summed E-state index contributed by atoms with van der Waals surface area (Å²) in [7, 11) is 0. The van der Waals surface area contributed by atoms with E-state index in [1.54, 1.807) is 6.08 Å². The molecule has 0 bridgehead atoms. The van der Waals surface area contributed by atoms with Gasteiger partial charge < -0.3 is 89.9 Å². The van der Waals surface area contributed by atoms with Crippen molar-refractivity contribution in [2.45, 2.75) is 336 Å². The highest BCUT2D eigenvalue weighted by Gasteiger charge is 2.53. The van der Waals surface area contributed by atoms with E-state index in [2.05, 4.69) is 104 Å². The van der Waals surface area contributed by atoms with Crippen LogP contribution in [0.2, 0.25) is 0 Å². The fraction of sp³-hybridized carbons (Fsp3) is 0.770. The van der Waals surface area contributed by atoms with Crippen molar-refractivity contribution in [1.82, 2.24) is 5.32 Å². The van der Waals surface area contributed by atoms with Gasteiger partial charge in [-0.2, -0.15) is 0 Å². The molecule has 3 aliphatic heterocycles. The van der Waals surface area contributed by atoms with Gasteiger partial charge in [-0.05, 0) is 77.0 Å². The predicted octanol–water partition coefficient (Wildman–Crippen LogP) is 10.0. The molecule has 93 heavy (non-hydrogen) atoms. The lowest BCUT2D eigenvalue weighted by molar-refractivity contribution is -0.379. The van der Waals surface area contributed by atoms with E-state index in [0.29, 0.717) is 12.8 Å². The first kappa shape index (κ1) is 83.9. The molecule has 3 rings (SSSR count). The van der Waals surface area contributed by atoms with E-state index in [1.165, 1.54) is 122 Å². The van der Waals surface area contributed by atoms with Crippen molar-refractivity contribution in [2.75, 3.05) is 26.4 Å². The van der Waals surface area contributed by atoms with Crippen molar-refractivity contribution in [1.29, 1.82) is 0 Å². The molecule has 19 nitrogen and oxygen atoms in total. The monoisotopic (exact) mass is 1320 g/mol. The van der Waals surface area contributed by atoms with E-state index in [0.717, 1.165) is 77.0 Å². The number of ether oxygens (including phenoxy) is 6. The van der Waals surface area contributed by atoms with Gasteiger partial charge in [-0.25, -0.2) is 0 Å². The van der Waals surface area contributed by atoms with Crippen LogP contribution < -0.4 is 5.32 Å². The second-order valence-corrected chi connectivity index (χ2v) is 25.3. The van der Waals surface area contributed by atoms with Crippen LogP contribution in [0, 0.1) is 0 Å². The molecule has 1 amide bonds. The van der Waals surface area contributed by atoms with Crippen molar-refractivity contribution < 1.29 is 89.4 Å². The van der Waals surface area contributed by atoms with E-state index in [1.807, 2.05) is 6.08 Å². The first-order valence-electron chi connectivity index (χ1n) is 36.0. The van der Waals surface area contributed by atoms with Crippen LogP contribution in [0.15, 0.2) is 97.2 Å². The zero-order valence-corrected chi connectivity index (χ0v) is 56.7. The summed E-state index contributed by atoms with van der Waals surface area (Å²) in [5, 5.41) is 120. The van der Waals surface area contributed by atoms with E-state index >= 15 is 0 Å². The molecule has 3 saturated heterocycles. The summed E-state index contributed by atoms with van der Waals surface area (Å²) < 4.78 is 34.2. The van der Waals surface area contributed by atoms with Crippen molar-refractivity contribution in [2.24, 2.45) is 0 Å². The highest BCUT2D eigenvalue weighted by Crippen LogP contribution is 2.33. The van der Waals surface area contributed by atoms with Gasteiger partial charge in [0.05, 0.1) is 38.6 Å². The highest BCUT2D eigenvalue weighted by molar-refractivity contribution is 5.76. The zero-order chi connectivity index (χ0) is 67.5. The van der Waals surface area contributed by atoms with E-state index in [4.69, 9.17) is 28.4 Å². The van der Waals surface area contributed by atoms with Crippen LogP contribution in [0.3, 0.4) is 0 Å². The number of rotatable bonds is 54. The average Bonchev–Trinajstić information content (AvgIpc) is 0.798. The van der Waals surface area contributed by atoms with Crippen molar-refractivity contribution in [3.05, 3.63) is 97.2 Å². The third kappa shape index (κ3) is 36.2. The fourth-order valence-corrected chi connectivity index (χ4v) is 11.6. The van der Waals surface area contributed by atoms with Gasteiger partial charge in [0, 0.05) is 6.42 Å². The van der Waals surface area contributed by atoms with E-state index in [9.17, 15) is 61.0 Å². The molecule has 536 valence electrons. The average molecular weight is 1320 g/mol. The summed E-state index contributed by atoms with van der Waals surface area (Å²) >= 11 is 0. The normalized spacial score (nSPS) is 28.1. The summed E-state index contributed by atoms with van der Waals surface area (Å²) in [5.41, 5.74) is 0. The van der Waals surface area contributed by atoms with Gasteiger partial charge >= 0.3 is 0 Å². The summed E-state index contributed by atoms with van der Waals surface area (Å²) in [4.78, 5) is 13.3. The number of carbonyl (C=O) groups is 1. The van der Waals surface area contributed by atoms with Gasteiger partial charge in [0.1, 0.15) is 73.2 Å². The molecule has 0 radical (unpaired) electrons. The quantitative estimate of drug-likeness (QED) is 0.0199. The highest BCUT2D eigenvalue weighted by atomic mass is 16.8. The lowest BCUT2D eigenvalue weighted by Gasteiger charge is -2.48. The number of aliphatic hydroxyl groups is 11. The summed E-state index contributed by atoms with van der Waals surface area (Å²) in [6.45, 7) is 1.46. The number of allylic oxidation sites excluding steroid dienone is 15. The molecule has 3 heterocycles. The van der Waals surface area contributed by atoms with Crippen LogP contribution in [-0.2, 0) is 33.2 Å². The van der Waals surface area contributed by atoms with Gasteiger partial charge in [0.25, 0.3) is 0 Å². The zero-order valence-electron chi connectivity index (χ0n) is 56.7. The molecule has 0 aromatic rings. The number of hydrogen-bond donors (Lipinski definition) is 12. The molecule has 0 aromatic carbocycles.